The maximum Gasteiger partial charge on any atom is 0.281 e. The van der Waals surface area contributed by atoms with Gasteiger partial charge in [-0.1, -0.05) is 18.2 Å². The van der Waals surface area contributed by atoms with Crippen molar-refractivity contribution in [2.24, 2.45) is 0 Å². The number of fused-ring (bicyclic) bond motifs is 3. The number of aromatic nitrogens is 3. The third kappa shape index (κ3) is 1.53. The van der Waals surface area contributed by atoms with E-state index in [1.165, 1.54) is 4.88 Å². The molecule has 0 aliphatic carbocycles. The fraction of sp³-hybridized carbons (Fsp3) is 0.0667. The maximum absolute atomic E-state index is 12.5. The molecule has 0 atom stereocenters. The quantitative estimate of drug-likeness (QED) is 0.582. The minimum absolute atomic E-state index is 0.0555. The minimum atomic E-state index is -0.0555. The summed E-state index contributed by atoms with van der Waals surface area (Å²) < 4.78 is 1.59. The summed E-state index contributed by atoms with van der Waals surface area (Å²) in [6.45, 7) is 2.03. The van der Waals surface area contributed by atoms with Crippen LogP contribution in [-0.4, -0.2) is 14.8 Å². The Hall–Kier alpha value is -2.40. The van der Waals surface area contributed by atoms with E-state index in [0.717, 1.165) is 21.4 Å². The summed E-state index contributed by atoms with van der Waals surface area (Å²) in [5.41, 5.74) is 1.67. The first kappa shape index (κ1) is 11.4. The van der Waals surface area contributed by atoms with E-state index in [4.69, 9.17) is 0 Å². The van der Waals surface area contributed by atoms with Gasteiger partial charge in [0.15, 0.2) is 0 Å². The van der Waals surface area contributed by atoms with Crippen LogP contribution in [0.1, 0.15) is 4.88 Å². The highest BCUT2D eigenvalue weighted by atomic mass is 32.1. The molecule has 0 saturated heterocycles. The first-order valence-corrected chi connectivity index (χ1v) is 7.11. The molecule has 1 aromatic carbocycles. The topological polar surface area (TPSA) is 50.7 Å². The standard InChI is InChI=1S/C15H11N3OS/c1-9-6-7-13(20-9)18-15(19)11-8-16-12-5-3-2-4-10(12)14(11)17-18/h2-8,17H,1H3. The molecule has 0 spiro atoms. The van der Waals surface area contributed by atoms with Crippen LogP contribution in [0.5, 0.6) is 0 Å². The third-order valence-corrected chi connectivity index (χ3v) is 4.36. The van der Waals surface area contributed by atoms with Crippen molar-refractivity contribution in [1.29, 1.82) is 0 Å². The molecule has 0 bridgehead atoms. The van der Waals surface area contributed by atoms with Crippen molar-refractivity contribution in [3.8, 4) is 5.00 Å². The first-order chi connectivity index (χ1) is 9.74. The van der Waals surface area contributed by atoms with Crippen LogP contribution in [0.25, 0.3) is 26.8 Å². The Labute approximate surface area is 118 Å². The number of benzene rings is 1. The molecule has 0 unspecified atom stereocenters. The lowest BCUT2D eigenvalue weighted by Gasteiger charge is -1.97. The smallest absolute Gasteiger partial charge is 0.281 e. The van der Waals surface area contributed by atoms with Gasteiger partial charge in [0.05, 0.1) is 16.4 Å². The molecule has 0 fully saturated rings. The van der Waals surface area contributed by atoms with Gasteiger partial charge in [-0.25, -0.2) is 4.68 Å². The summed E-state index contributed by atoms with van der Waals surface area (Å²) in [4.78, 5) is 18.0. The van der Waals surface area contributed by atoms with Gasteiger partial charge in [0.25, 0.3) is 5.56 Å². The van der Waals surface area contributed by atoms with E-state index in [-0.39, 0.29) is 5.56 Å². The average molecular weight is 281 g/mol. The SMILES string of the molecule is Cc1ccc(-n2[nH]c3c(cnc4ccccc43)c2=O)s1. The number of hydrogen-bond acceptors (Lipinski definition) is 3. The van der Waals surface area contributed by atoms with Crippen molar-refractivity contribution >= 4 is 33.1 Å². The monoisotopic (exact) mass is 281 g/mol. The van der Waals surface area contributed by atoms with Gasteiger partial charge in [0.2, 0.25) is 0 Å². The molecule has 5 heteroatoms. The van der Waals surface area contributed by atoms with Crippen LogP contribution in [0.15, 0.2) is 47.4 Å². The van der Waals surface area contributed by atoms with Gasteiger partial charge in [-0.05, 0) is 25.1 Å². The molecule has 0 radical (unpaired) electrons. The van der Waals surface area contributed by atoms with Crippen molar-refractivity contribution in [2.45, 2.75) is 6.92 Å². The van der Waals surface area contributed by atoms with Crippen molar-refractivity contribution < 1.29 is 0 Å². The van der Waals surface area contributed by atoms with E-state index in [1.54, 1.807) is 22.2 Å². The van der Waals surface area contributed by atoms with Crippen LogP contribution < -0.4 is 5.56 Å². The summed E-state index contributed by atoms with van der Waals surface area (Å²) in [6.07, 6.45) is 1.65. The van der Waals surface area contributed by atoms with Gasteiger partial charge in [0.1, 0.15) is 5.00 Å². The molecule has 4 aromatic rings. The second kappa shape index (κ2) is 4.05. The van der Waals surface area contributed by atoms with E-state index in [1.807, 2.05) is 43.3 Å². The first-order valence-electron chi connectivity index (χ1n) is 6.29. The Balaban J connectivity index is 2.12. The highest BCUT2D eigenvalue weighted by Gasteiger charge is 2.12. The highest BCUT2D eigenvalue weighted by molar-refractivity contribution is 7.14. The average Bonchev–Trinajstić information content (AvgIpc) is 3.03. The van der Waals surface area contributed by atoms with Crippen molar-refractivity contribution in [3.05, 3.63) is 57.8 Å². The summed E-state index contributed by atoms with van der Waals surface area (Å²) in [5, 5.41) is 5.69. The predicted molar refractivity (Wildman–Crippen MR) is 81.8 cm³/mol. The largest absolute Gasteiger partial charge is 0.289 e. The van der Waals surface area contributed by atoms with Gasteiger partial charge in [-0.15, -0.1) is 11.3 Å². The molecule has 3 heterocycles. The number of H-pyrrole nitrogens is 1. The lowest BCUT2D eigenvalue weighted by atomic mass is 10.2. The predicted octanol–water partition coefficient (Wildman–Crippen LogP) is 3.24. The Morgan fingerprint density at radius 2 is 2.00 bits per heavy atom. The summed E-state index contributed by atoms with van der Waals surface area (Å²) in [6, 6.07) is 11.8. The number of pyridine rings is 1. The van der Waals surface area contributed by atoms with E-state index in [9.17, 15) is 4.79 Å². The summed E-state index contributed by atoms with van der Waals surface area (Å²) >= 11 is 1.59. The van der Waals surface area contributed by atoms with Gasteiger partial charge < -0.3 is 0 Å². The van der Waals surface area contributed by atoms with E-state index in [0.29, 0.717) is 5.39 Å². The van der Waals surface area contributed by atoms with Crippen molar-refractivity contribution in [3.63, 3.8) is 0 Å². The zero-order chi connectivity index (χ0) is 13.7. The fourth-order valence-corrected chi connectivity index (χ4v) is 3.23. The molecule has 0 aliphatic heterocycles. The molecule has 98 valence electrons. The second-order valence-electron chi connectivity index (χ2n) is 4.70. The van der Waals surface area contributed by atoms with Gasteiger partial charge in [0, 0.05) is 16.5 Å². The van der Waals surface area contributed by atoms with Crippen LogP contribution in [0, 0.1) is 6.92 Å². The van der Waals surface area contributed by atoms with Crippen molar-refractivity contribution in [1.82, 2.24) is 14.8 Å². The summed E-state index contributed by atoms with van der Waals surface area (Å²) in [5.74, 6) is 0. The molecular formula is C15H11N3OS. The number of thiophene rings is 1. The maximum atomic E-state index is 12.5. The molecule has 4 rings (SSSR count). The fourth-order valence-electron chi connectivity index (χ4n) is 2.40. The number of aromatic amines is 1. The Morgan fingerprint density at radius 1 is 1.15 bits per heavy atom. The number of hydrogen-bond donors (Lipinski definition) is 1. The Bertz CT molecular complexity index is 993. The minimum Gasteiger partial charge on any atom is -0.289 e. The lowest BCUT2D eigenvalue weighted by Crippen LogP contribution is -2.12. The van der Waals surface area contributed by atoms with E-state index < -0.39 is 0 Å². The molecule has 4 nitrogen and oxygen atoms in total. The van der Waals surface area contributed by atoms with Crippen LogP contribution in [0.2, 0.25) is 0 Å². The number of nitrogens with zero attached hydrogens (tertiary/aromatic N) is 2. The second-order valence-corrected chi connectivity index (χ2v) is 5.97. The summed E-state index contributed by atoms with van der Waals surface area (Å²) in [7, 11) is 0. The van der Waals surface area contributed by atoms with E-state index in [2.05, 4.69) is 10.1 Å². The zero-order valence-electron chi connectivity index (χ0n) is 10.8. The molecule has 0 aliphatic rings. The van der Waals surface area contributed by atoms with Crippen LogP contribution in [-0.2, 0) is 0 Å². The molecule has 1 N–H and O–H groups in total. The molecule has 0 amide bonds. The number of para-hydroxylation sites is 1. The van der Waals surface area contributed by atoms with Crippen molar-refractivity contribution in [2.75, 3.05) is 0 Å². The normalized spacial score (nSPS) is 11.4. The Morgan fingerprint density at radius 3 is 2.80 bits per heavy atom. The van der Waals surface area contributed by atoms with E-state index >= 15 is 0 Å². The number of aryl methyl sites for hydroxylation is 1. The molecular weight excluding hydrogens is 270 g/mol. The number of nitrogens with one attached hydrogen (secondary N) is 1. The van der Waals surface area contributed by atoms with Gasteiger partial charge in [-0.2, -0.15) is 0 Å². The molecule has 3 aromatic heterocycles. The third-order valence-electron chi connectivity index (χ3n) is 3.38. The lowest BCUT2D eigenvalue weighted by molar-refractivity contribution is 0.881. The van der Waals surface area contributed by atoms with Crippen LogP contribution in [0.3, 0.4) is 0 Å². The van der Waals surface area contributed by atoms with Crippen LogP contribution in [0.4, 0.5) is 0 Å². The molecule has 0 saturated carbocycles. The van der Waals surface area contributed by atoms with Gasteiger partial charge >= 0.3 is 0 Å². The highest BCUT2D eigenvalue weighted by Crippen LogP contribution is 2.23. The zero-order valence-corrected chi connectivity index (χ0v) is 11.6. The van der Waals surface area contributed by atoms with Gasteiger partial charge in [-0.3, -0.25) is 14.9 Å². The molecule has 20 heavy (non-hydrogen) atoms. The number of rotatable bonds is 1. The van der Waals surface area contributed by atoms with Crippen LogP contribution >= 0.6 is 11.3 Å². The Kier molecular flexibility index (Phi) is 2.31.